The molecule has 152 valence electrons. The number of ketones is 2. The molecule has 0 spiro atoms. The number of hydrogen-bond acceptors (Lipinski definition) is 6. The Balaban J connectivity index is 1.99. The summed E-state index contributed by atoms with van der Waals surface area (Å²) in [7, 11) is 2.97. The fourth-order valence-corrected chi connectivity index (χ4v) is 6.81. The molecule has 0 bridgehead atoms. The maximum absolute atomic E-state index is 13.7. The Morgan fingerprint density at radius 3 is 2.43 bits per heavy atom. The van der Waals surface area contributed by atoms with Crippen molar-refractivity contribution in [3.05, 3.63) is 23.2 Å². The minimum absolute atomic E-state index is 0.0204. The van der Waals surface area contributed by atoms with Crippen molar-refractivity contribution in [2.75, 3.05) is 14.2 Å². The van der Waals surface area contributed by atoms with Gasteiger partial charge in [0.2, 0.25) is 11.6 Å². The van der Waals surface area contributed by atoms with Gasteiger partial charge in [-0.15, -0.1) is 0 Å². The summed E-state index contributed by atoms with van der Waals surface area (Å²) in [4.78, 5) is 39.6. The average Bonchev–Trinajstić information content (AvgIpc) is 2.63. The summed E-state index contributed by atoms with van der Waals surface area (Å²) >= 11 is 0. The van der Waals surface area contributed by atoms with Crippen LogP contribution in [-0.4, -0.2) is 37.9 Å². The zero-order valence-corrected chi connectivity index (χ0v) is 17.3. The molecule has 5 unspecified atom stereocenters. The number of methoxy groups -OCH3 is 2. The second kappa shape index (κ2) is 5.94. The Kier molecular flexibility index (Phi) is 4.08. The quantitative estimate of drug-likeness (QED) is 0.677. The number of rotatable bonds is 2. The van der Waals surface area contributed by atoms with Gasteiger partial charge in [0.1, 0.15) is 6.10 Å². The highest BCUT2D eigenvalue weighted by Crippen LogP contribution is 2.67. The van der Waals surface area contributed by atoms with Crippen molar-refractivity contribution in [1.82, 2.24) is 0 Å². The fraction of sp³-hybridized carbons (Fsp3) is 0.682. The number of fused-ring (bicyclic) bond motifs is 2. The predicted octanol–water partition coefficient (Wildman–Crippen LogP) is 2.82. The van der Waals surface area contributed by atoms with Crippen LogP contribution in [0.3, 0.4) is 0 Å². The van der Waals surface area contributed by atoms with Crippen molar-refractivity contribution in [3.63, 3.8) is 0 Å². The monoisotopic (exact) mass is 388 g/mol. The van der Waals surface area contributed by atoms with Gasteiger partial charge in [-0.2, -0.15) is 0 Å². The molecular weight excluding hydrogens is 360 g/mol. The molecule has 4 aliphatic rings. The third-order valence-corrected chi connectivity index (χ3v) is 8.10. The largest absolute Gasteiger partial charge is 0.493 e. The standard InChI is InChI=1S/C22H28O6/c1-10-7-14(26-5)20(25)22(4)12(10)8-15-21(3)13(9-16(23)28-15)11(2)18(27-6)17(24)19(21)22/h7,10,12-13,15,19H,8-9H2,1-6H3/t10?,12?,13?,15?,19?,21-,22+/m0/s1. The van der Waals surface area contributed by atoms with Crippen LogP contribution >= 0.6 is 0 Å². The van der Waals surface area contributed by atoms with Gasteiger partial charge in [0, 0.05) is 22.7 Å². The zero-order chi connectivity index (χ0) is 20.6. The van der Waals surface area contributed by atoms with Gasteiger partial charge in [0.15, 0.2) is 11.5 Å². The van der Waals surface area contributed by atoms with Gasteiger partial charge < -0.3 is 14.2 Å². The molecular formula is C22H28O6. The van der Waals surface area contributed by atoms with Crippen molar-refractivity contribution in [3.8, 4) is 0 Å². The van der Waals surface area contributed by atoms with Crippen molar-refractivity contribution in [2.24, 2.45) is 34.5 Å². The molecule has 1 saturated carbocycles. The van der Waals surface area contributed by atoms with Gasteiger partial charge in [-0.05, 0) is 36.8 Å². The van der Waals surface area contributed by atoms with Crippen LogP contribution in [0.5, 0.6) is 0 Å². The van der Waals surface area contributed by atoms with Crippen molar-refractivity contribution in [1.29, 1.82) is 0 Å². The van der Waals surface area contributed by atoms with Crippen LogP contribution in [0.15, 0.2) is 23.2 Å². The van der Waals surface area contributed by atoms with Gasteiger partial charge in [0.05, 0.1) is 20.6 Å². The fourth-order valence-electron chi connectivity index (χ4n) is 6.81. The third-order valence-electron chi connectivity index (χ3n) is 8.10. The van der Waals surface area contributed by atoms with E-state index >= 15 is 0 Å². The molecule has 2 fully saturated rings. The topological polar surface area (TPSA) is 78.9 Å². The molecule has 0 radical (unpaired) electrons. The van der Waals surface area contributed by atoms with E-state index in [9.17, 15) is 14.4 Å². The lowest BCUT2D eigenvalue weighted by Gasteiger charge is -2.64. The molecule has 6 heteroatoms. The first-order valence-electron chi connectivity index (χ1n) is 9.91. The van der Waals surface area contributed by atoms with Crippen LogP contribution in [0.25, 0.3) is 0 Å². The van der Waals surface area contributed by atoms with E-state index in [2.05, 4.69) is 0 Å². The van der Waals surface area contributed by atoms with E-state index < -0.39 is 22.9 Å². The molecule has 1 saturated heterocycles. The summed E-state index contributed by atoms with van der Waals surface area (Å²) in [6.07, 6.45) is 2.21. The van der Waals surface area contributed by atoms with Crippen LogP contribution in [0, 0.1) is 34.5 Å². The molecule has 6 nitrogen and oxygen atoms in total. The van der Waals surface area contributed by atoms with E-state index in [-0.39, 0.29) is 47.5 Å². The summed E-state index contributed by atoms with van der Waals surface area (Å²) < 4.78 is 16.7. The molecule has 7 atom stereocenters. The van der Waals surface area contributed by atoms with Gasteiger partial charge >= 0.3 is 5.97 Å². The second-order valence-electron chi connectivity index (χ2n) is 9.16. The van der Waals surface area contributed by atoms with E-state index in [0.29, 0.717) is 12.2 Å². The summed E-state index contributed by atoms with van der Waals surface area (Å²) in [5.74, 6) is -0.854. The molecule has 0 aromatic carbocycles. The van der Waals surface area contributed by atoms with E-state index in [4.69, 9.17) is 14.2 Å². The van der Waals surface area contributed by atoms with Crippen molar-refractivity contribution < 1.29 is 28.6 Å². The maximum Gasteiger partial charge on any atom is 0.306 e. The van der Waals surface area contributed by atoms with E-state index in [1.54, 1.807) is 0 Å². The van der Waals surface area contributed by atoms with Crippen LogP contribution in [0.2, 0.25) is 0 Å². The normalized spacial score (nSPS) is 45.0. The predicted molar refractivity (Wildman–Crippen MR) is 99.8 cm³/mol. The summed E-state index contributed by atoms with van der Waals surface area (Å²) in [6.45, 7) is 7.80. The number of allylic oxidation sites excluding steroid dienone is 4. The first-order chi connectivity index (χ1) is 13.1. The van der Waals surface area contributed by atoms with Gasteiger partial charge in [-0.25, -0.2) is 0 Å². The third kappa shape index (κ3) is 2.06. The van der Waals surface area contributed by atoms with Crippen LogP contribution in [-0.2, 0) is 28.6 Å². The Labute approximate surface area is 165 Å². The molecule has 0 aromatic rings. The minimum Gasteiger partial charge on any atom is -0.493 e. The maximum atomic E-state index is 13.7. The minimum atomic E-state index is -0.936. The van der Waals surface area contributed by atoms with Crippen LogP contribution < -0.4 is 0 Å². The van der Waals surface area contributed by atoms with Gasteiger partial charge in [-0.1, -0.05) is 20.8 Å². The molecule has 1 aliphatic heterocycles. The average molecular weight is 388 g/mol. The summed E-state index contributed by atoms with van der Waals surface area (Å²) in [5, 5.41) is 0. The highest BCUT2D eigenvalue weighted by molar-refractivity contribution is 6.07. The van der Waals surface area contributed by atoms with Gasteiger partial charge in [0.25, 0.3) is 0 Å². The van der Waals surface area contributed by atoms with Gasteiger partial charge in [-0.3, -0.25) is 14.4 Å². The van der Waals surface area contributed by atoms with E-state index in [0.717, 1.165) is 5.57 Å². The molecule has 28 heavy (non-hydrogen) atoms. The highest BCUT2D eigenvalue weighted by Gasteiger charge is 2.72. The van der Waals surface area contributed by atoms with Crippen LogP contribution in [0.1, 0.15) is 40.5 Å². The lowest BCUT2D eigenvalue weighted by Crippen LogP contribution is -2.69. The Morgan fingerprint density at radius 2 is 1.82 bits per heavy atom. The van der Waals surface area contributed by atoms with Crippen molar-refractivity contribution >= 4 is 17.5 Å². The molecule has 0 N–H and O–H groups in total. The molecule has 0 amide bonds. The summed E-state index contributed by atoms with van der Waals surface area (Å²) in [6, 6.07) is 0. The second-order valence-corrected chi connectivity index (χ2v) is 9.16. The lowest BCUT2D eigenvalue weighted by atomic mass is 9.40. The Hall–Kier alpha value is -2.11. The number of esters is 1. The Bertz CT molecular complexity index is 838. The number of carbonyl (C=O) groups excluding carboxylic acids is 3. The molecule has 4 rings (SSSR count). The molecule has 1 heterocycles. The van der Waals surface area contributed by atoms with Crippen LogP contribution in [0.4, 0.5) is 0 Å². The number of Topliss-reactive ketones (excluding diaryl/α,β-unsaturated/α-hetero) is 2. The van der Waals surface area contributed by atoms with E-state index in [1.807, 2.05) is 33.8 Å². The first-order valence-corrected chi connectivity index (χ1v) is 9.91. The SMILES string of the molecule is COC1=CC(C)C2CC3OC(=O)CC4C(C)=C(OC)C(=O)C([C@]2(C)C1=O)[C@]34C. The molecule has 3 aliphatic carbocycles. The first kappa shape index (κ1) is 19.2. The Morgan fingerprint density at radius 1 is 1.14 bits per heavy atom. The zero-order valence-electron chi connectivity index (χ0n) is 17.3. The number of hydrogen-bond donors (Lipinski definition) is 0. The smallest absolute Gasteiger partial charge is 0.306 e. The number of ether oxygens (including phenoxy) is 3. The van der Waals surface area contributed by atoms with Crippen molar-refractivity contribution in [2.45, 2.75) is 46.6 Å². The highest BCUT2D eigenvalue weighted by atomic mass is 16.5. The lowest BCUT2D eigenvalue weighted by molar-refractivity contribution is -0.217. The molecule has 0 aromatic heterocycles. The summed E-state index contributed by atoms with van der Waals surface area (Å²) in [5.41, 5.74) is -0.795. The number of carbonyl (C=O) groups is 3. The van der Waals surface area contributed by atoms with E-state index in [1.165, 1.54) is 14.2 Å².